The maximum atomic E-state index is 12.0. The molecule has 1 aromatic rings. The molecule has 96 valence electrons. The number of imide groups is 1. The van der Waals surface area contributed by atoms with Crippen molar-refractivity contribution in [3.8, 4) is 0 Å². The largest absolute Gasteiger partial charge is 0.294 e. The van der Waals surface area contributed by atoms with Crippen molar-refractivity contribution in [2.75, 3.05) is 0 Å². The van der Waals surface area contributed by atoms with Crippen LogP contribution in [0.4, 0.5) is 0 Å². The van der Waals surface area contributed by atoms with E-state index in [2.05, 4.69) is 5.32 Å². The molecule has 4 nitrogen and oxygen atoms in total. The van der Waals surface area contributed by atoms with Crippen LogP contribution in [0.15, 0.2) is 24.3 Å². The first kappa shape index (κ1) is 14.1. The molecule has 0 spiro atoms. The van der Waals surface area contributed by atoms with Crippen molar-refractivity contribution < 1.29 is 14.4 Å². The SMILES string of the molecule is CC(=O)NC(=O)c1ccc(C(=O)C(C)(C)C)cc1. The van der Waals surface area contributed by atoms with Crippen LogP contribution in [-0.2, 0) is 4.79 Å². The summed E-state index contributed by atoms with van der Waals surface area (Å²) >= 11 is 0. The van der Waals surface area contributed by atoms with Gasteiger partial charge in [0.25, 0.3) is 5.91 Å². The van der Waals surface area contributed by atoms with Crippen molar-refractivity contribution in [3.63, 3.8) is 0 Å². The van der Waals surface area contributed by atoms with E-state index in [1.54, 1.807) is 12.1 Å². The first-order valence-corrected chi connectivity index (χ1v) is 5.68. The van der Waals surface area contributed by atoms with E-state index in [9.17, 15) is 14.4 Å². The summed E-state index contributed by atoms with van der Waals surface area (Å²) in [7, 11) is 0. The van der Waals surface area contributed by atoms with Crippen molar-refractivity contribution in [1.82, 2.24) is 5.32 Å². The molecule has 0 atom stereocenters. The van der Waals surface area contributed by atoms with E-state index in [1.807, 2.05) is 20.8 Å². The van der Waals surface area contributed by atoms with Gasteiger partial charge in [-0.3, -0.25) is 19.7 Å². The number of hydrogen-bond donors (Lipinski definition) is 1. The van der Waals surface area contributed by atoms with Crippen LogP contribution in [0, 0.1) is 5.41 Å². The summed E-state index contributed by atoms with van der Waals surface area (Å²) in [5.74, 6) is -0.854. The minimum atomic E-state index is -0.461. The van der Waals surface area contributed by atoms with Gasteiger partial charge in [-0.25, -0.2) is 0 Å². The third-order valence-corrected chi connectivity index (χ3v) is 2.38. The summed E-state index contributed by atoms with van der Waals surface area (Å²) in [4.78, 5) is 34.2. The highest BCUT2D eigenvalue weighted by molar-refractivity contribution is 6.05. The van der Waals surface area contributed by atoms with Gasteiger partial charge in [-0.15, -0.1) is 0 Å². The van der Waals surface area contributed by atoms with Gasteiger partial charge in [0.05, 0.1) is 0 Å². The molecule has 0 heterocycles. The molecule has 0 saturated heterocycles. The first-order valence-electron chi connectivity index (χ1n) is 5.68. The van der Waals surface area contributed by atoms with Gasteiger partial charge in [-0.2, -0.15) is 0 Å². The molecule has 1 N–H and O–H groups in total. The Balaban J connectivity index is 2.90. The standard InChI is InChI=1S/C14H17NO3/c1-9(16)15-13(18)11-7-5-10(6-8-11)12(17)14(2,3)4/h5-8H,1-4H3,(H,15,16,18). The average molecular weight is 247 g/mol. The molecule has 0 radical (unpaired) electrons. The Labute approximate surface area is 106 Å². The molecule has 0 aliphatic rings. The van der Waals surface area contributed by atoms with Gasteiger partial charge in [0.15, 0.2) is 5.78 Å². The van der Waals surface area contributed by atoms with Crippen LogP contribution < -0.4 is 5.32 Å². The summed E-state index contributed by atoms with van der Waals surface area (Å²) in [5.41, 5.74) is 0.459. The van der Waals surface area contributed by atoms with Crippen molar-refractivity contribution >= 4 is 17.6 Å². The van der Waals surface area contributed by atoms with Crippen molar-refractivity contribution in [2.24, 2.45) is 5.41 Å². The predicted molar refractivity (Wildman–Crippen MR) is 68.4 cm³/mol. The maximum Gasteiger partial charge on any atom is 0.257 e. The molecule has 1 rings (SSSR count). The molecule has 18 heavy (non-hydrogen) atoms. The number of carbonyl (C=O) groups is 3. The summed E-state index contributed by atoms with van der Waals surface area (Å²) < 4.78 is 0. The molecule has 0 saturated carbocycles. The van der Waals surface area contributed by atoms with Crippen LogP contribution in [0.25, 0.3) is 0 Å². The maximum absolute atomic E-state index is 12.0. The molecule has 4 heteroatoms. The Hall–Kier alpha value is -1.97. The number of rotatable bonds is 2. The van der Waals surface area contributed by atoms with Gasteiger partial charge in [0, 0.05) is 23.5 Å². The van der Waals surface area contributed by atoms with Gasteiger partial charge < -0.3 is 0 Å². The fraction of sp³-hybridized carbons (Fsp3) is 0.357. The number of nitrogens with one attached hydrogen (secondary N) is 1. The zero-order valence-electron chi connectivity index (χ0n) is 11.0. The highest BCUT2D eigenvalue weighted by atomic mass is 16.2. The van der Waals surface area contributed by atoms with Crippen LogP contribution >= 0.6 is 0 Å². The minimum Gasteiger partial charge on any atom is -0.294 e. The lowest BCUT2D eigenvalue weighted by Crippen LogP contribution is -2.28. The van der Waals surface area contributed by atoms with Crippen LogP contribution in [0.2, 0.25) is 0 Å². The molecular weight excluding hydrogens is 230 g/mol. The molecule has 0 bridgehead atoms. The summed E-state index contributed by atoms with van der Waals surface area (Å²) in [6, 6.07) is 6.28. The highest BCUT2D eigenvalue weighted by Gasteiger charge is 2.22. The Bertz CT molecular complexity index is 481. The van der Waals surface area contributed by atoms with Crippen LogP contribution in [0.1, 0.15) is 48.4 Å². The molecule has 0 aliphatic carbocycles. The Kier molecular flexibility index (Phi) is 4.01. The fourth-order valence-electron chi connectivity index (χ4n) is 1.44. The minimum absolute atomic E-state index is 0.0148. The topological polar surface area (TPSA) is 63.2 Å². The zero-order valence-corrected chi connectivity index (χ0v) is 11.0. The van der Waals surface area contributed by atoms with Crippen LogP contribution in [-0.4, -0.2) is 17.6 Å². The van der Waals surface area contributed by atoms with Gasteiger partial charge in [0.2, 0.25) is 5.91 Å². The van der Waals surface area contributed by atoms with E-state index in [0.717, 1.165) is 0 Å². The van der Waals surface area contributed by atoms with Crippen LogP contribution in [0.3, 0.4) is 0 Å². The Morgan fingerprint density at radius 3 is 1.78 bits per heavy atom. The van der Waals surface area contributed by atoms with E-state index < -0.39 is 17.2 Å². The van der Waals surface area contributed by atoms with Crippen molar-refractivity contribution in [3.05, 3.63) is 35.4 Å². The first-order chi connectivity index (χ1) is 8.21. The highest BCUT2D eigenvalue weighted by Crippen LogP contribution is 2.20. The molecule has 0 unspecified atom stereocenters. The van der Waals surface area contributed by atoms with E-state index in [0.29, 0.717) is 11.1 Å². The third-order valence-electron chi connectivity index (χ3n) is 2.38. The van der Waals surface area contributed by atoms with Gasteiger partial charge in [-0.05, 0) is 12.1 Å². The van der Waals surface area contributed by atoms with Gasteiger partial charge >= 0.3 is 0 Å². The van der Waals surface area contributed by atoms with E-state index in [1.165, 1.54) is 19.1 Å². The second-order valence-electron chi connectivity index (χ2n) is 5.17. The van der Waals surface area contributed by atoms with Crippen molar-refractivity contribution in [2.45, 2.75) is 27.7 Å². The number of ketones is 1. The third kappa shape index (κ3) is 3.52. The lowest BCUT2D eigenvalue weighted by atomic mass is 9.86. The smallest absolute Gasteiger partial charge is 0.257 e. The molecular formula is C14H17NO3. The van der Waals surface area contributed by atoms with Crippen molar-refractivity contribution in [1.29, 1.82) is 0 Å². The number of Topliss-reactive ketones (excluding diaryl/α,β-unsaturated/α-hetero) is 1. The van der Waals surface area contributed by atoms with E-state index in [4.69, 9.17) is 0 Å². The average Bonchev–Trinajstić information content (AvgIpc) is 2.26. The Morgan fingerprint density at radius 2 is 1.39 bits per heavy atom. The zero-order chi connectivity index (χ0) is 13.9. The van der Waals surface area contributed by atoms with E-state index in [-0.39, 0.29) is 5.78 Å². The molecule has 0 aliphatic heterocycles. The number of benzene rings is 1. The van der Waals surface area contributed by atoms with E-state index >= 15 is 0 Å². The quantitative estimate of drug-likeness (QED) is 0.815. The number of carbonyl (C=O) groups excluding carboxylic acids is 3. The number of amides is 2. The lowest BCUT2D eigenvalue weighted by Gasteiger charge is -2.16. The molecule has 0 aromatic heterocycles. The van der Waals surface area contributed by atoms with Gasteiger partial charge in [-0.1, -0.05) is 32.9 Å². The van der Waals surface area contributed by atoms with Gasteiger partial charge in [0.1, 0.15) is 0 Å². The van der Waals surface area contributed by atoms with Crippen LogP contribution in [0.5, 0.6) is 0 Å². The molecule has 0 fully saturated rings. The lowest BCUT2D eigenvalue weighted by molar-refractivity contribution is -0.118. The second kappa shape index (κ2) is 5.12. The predicted octanol–water partition coefficient (Wildman–Crippen LogP) is 2.19. The fourth-order valence-corrected chi connectivity index (χ4v) is 1.44. The monoisotopic (exact) mass is 247 g/mol. The Morgan fingerprint density at radius 1 is 0.944 bits per heavy atom. The normalized spacial score (nSPS) is 10.9. The summed E-state index contributed by atoms with van der Waals surface area (Å²) in [6.07, 6.45) is 0. The molecule has 1 aromatic carbocycles. The number of hydrogen-bond acceptors (Lipinski definition) is 3. The summed E-state index contributed by atoms with van der Waals surface area (Å²) in [6.45, 7) is 6.79. The second-order valence-corrected chi connectivity index (χ2v) is 5.17. The summed E-state index contributed by atoms with van der Waals surface area (Å²) in [5, 5.41) is 2.18. The molecule has 2 amide bonds.